The molecule has 0 spiro atoms. The van der Waals surface area contributed by atoms with Crippen LogP contribution in [0, 0.1) is 5.41 Å². The lowest BCUT2D eigenvalue weighted by Crippen LogP contribution is -2.18. The second-order valence-corrected chi connectivity index (χ2v) is 4.09. The van der Waals surface area contributed by atoms with E-state index in [2.05, 4.69) is 0 Å². The molecule has 0 aromatic rings. The number of rotatable bonds is 4. The summed E-state index contributed by atoms with van der Waals surface area (Å²) in [6.45, 7) is 5.57. The Morgan fingerprint density at radius 2 is 1.77 bits per heavy atom. The van der Waals surface area contributed by atoms with Crippen molar-refractivity contribution in [2.24, 2.45) is 5.41 Å². The van der Waals surface area contributed by atoms with Gasteiger partial charge in [0.05, 0.1) is 0 Å². The lowest BCUT2D eigenvalue weighted by atomic mass is 9.82. The summed E-state index contributed by atoms with van der Waals surface area (Å²) in [4.78, 5) is 21.6. The quantitative estimate of drug-likeness (QED) is 0.542. The predicted octanol–water partition coefficient (Wildman–Crippen LogP) is 2.88. The van der Waals surface area contributed by atoms with Crippen molar-refractivity contribution < 1.29 is 9.59 Å². The summed E-state index contributed by atoms with van der Waals surface area (Å²) in [5.74, 6) is 0. The fourth-order valence-electron chi connectivity index (χ4n) is 0.822. The first-order valence-electron chi connectivity index (χ1n) is 3.92. The summed E-state index contributed by atoms with van der Waals surface area (Å²) < 4.78 is 0. The highest BCUT2D eigenvalue weighted by Gasteiger charge is 2.26. The molecule has 0 aliphatic heterocycles. The number of hydrogen-bond donors (Lipinski definition) is 0. The van der Waals surface area contributed by atoms with Crippen molar-refractivity contribution in [3.63, 3.8) is 0 Å². The molecule has 0 saturated heterocycles. The van der Waals surface area contributed by atoms with Crippen molar-refractivity contribution in [3.8, 4) is 0 Å². The molecule has 0 fully saturated rings. The molecule has 0 amide bonds. The highest BCUT2D eigenvalue weighted by Crippen LogP contribution is 2.31. The first-order valence-corrected chi connectivity index (χ1v) is 4.68. The van der Waals surface area contributed by atoms with Crippen LogP contribution in [0.2, 0.25) is 0 Å². The molecule has 0 aliphatic rings. The third kappa shape index (κ3) is 3.92. The number of hydrogen-bond acceptors (Lipinski definition) is 2. The molecule has 0 unspecified atom stereocenters. The van der Waals surface area contributed by atoms with Crippen LogP contribution in [0.15, 0.2) is 11.6 Å². The topological polar surface area (TPSA) is 34.1 Å². The van der Waals surface area contributed by atoms with Gasteiger partial charge in [0.1, 0.15) is 0 Å². The van der Waals surface area contributed by atoms with Gasteiger partial charge in [-0.15, -0.1) is 0 Å². The summed E-state index contributed by atoms with van der Waals surface area (Å²) in [7, 11) is 0. The van der Waals surface area contributed by atoms with E-state index in [1.807, 2.05) is 20.8 Å². The summed E-state index contributed by atoms with van der Waals surface area (Å²) in [5.41, 5.74) is -0.153. The number of carbonyl (C=O) groups excluding carboxylic acids is 2. The summed E-state index contributed by atoms with van der Waals surface area (Å²) in [5, 5.41) is -1.30. The van der Waals surface area contributed by atoms with E-state index in [4.69, 9.17) is 23.2 Å². The normalized spacial score (nSPS) is 12.8. The van der Waals surface area contributed by atoms with Crippen LogP contribution in [-0.2, 0) is 9.59 Å². The maximum absolute atomic E-state index is 11.0. The van der Waals surface area contributed by atoms with Gasteiger partial charge >= 0.3 is 0 Å². The third-order valence-electron chi connectivity index (χ3n) is 2.08. The molecule has 0 bridgehead atoms. The molecule has 74 valence electrons. The molecule has 0 saturated carbocycles. The zero-order chi connectivity index (χ0) is 10.6. The van der Waals surface area contributed by atoms with E-state index in [0.29, 0.717) is 6.42 Å². The van der Waals surface area contributed by atoms with Crippen LogP contribution >= 0.6 is 23.2 Å². The molecular formula is C9H12Cl2O2. The number of halogens is 2. The van der Waals surface area contributed by atoms with Crippen molar-refractivity contribution in [1.82, 2.24) is 0 Å². The maximum Gasteiger partial charge on any atom is 0.249 e. The average Bonchev–Trinajstić information content (AvgIpc) is 1.99. The van der Waals surface area contributed by atoms with E-state index >= 15 is 0 Å². The van der Waals surface area contributed by atoms with Crippen molar-refractivity contribution in [2.45, 2.75) is 27.2 Å². The molecule has 4 heteroatoms. The van der Waals surface area contributed by atoms with Gasteiger partial charge < -0.3 is 0 Å². The third-order valence-corrected chi connectivity index (χ3v) is 2.40. The first-order chi connectivity index (χ1) is 5.81. The average molecular weight is 223 g/mol. The van der Waals surface area contributed by atoms with Gasteiger partial charge in [0.25, 0.3) is 0 Å². The molecule has 0 aromatic carbocycles. The molecule has 0 heterocycles. The number of carbonyl (C=O) groups is 2. The van der Waals surface area contributed by atoms with Gasteiger partial charge in [-0.3, -0.25) is 9.59 Å². The van der Waals surface area contributed by atoms with Gasteiger partial charge in [0.2, 0.25) is 10.5 Å². The molecule has 13 heavy (non-hydrogen) atoms. The lowest BCUT2D eigenvalue weighted by Gasteiger charge is -2.23. The standard InChI is InChI=1S/C9H12Cl2O2/c1-4-9(2,3)6(8(11)13)5-7(10)12/h5H,4H2,1-3H3/b6-5-. The Balaban J connectivity index is 5.04. The SMILES string of the molecule is CCC(C)(C)/C(=C\C(=O)Cl)C(=O)Cl. The van der Waals surface area contributed by atoms with Crippen LogP contribution in [0.5, 0.6) is 0 Å². The molecule has 2 nitrogen and oxygen atoms in total. The maximum atomic E-state index is 11.0. The molecule has 0 radical (unpaired) electrons. The van der Waals surface area contributed by atoms with Crippen LogP contribution < -0.4 is 0 Å². The van der Waals surface area contributed by atoms with Crippen LogP contribution in [0.25, 0.3) is 0 Å². The Kier molecular flexibility index (Phi) is 4.65. The second kappa shape index (κ2) is 4.77. The predicted molar refractivity (Wildman–Crippen MR) is 53.9 cm³/mol. The van der Waals surface area contributed by atoms with E-state index in [0.717, 1.165) is 6.08 Å². The number of allylic oxidation sites excluding steroid dienone is 2. The molecule has 0 aromatic heterocycles. The van der Waals surface area contributed by atoms with Crippen molar-refractivity contribution in [3.05, 3.63) is 11.6 Å². The van der Waals surface area contributed by atoms with Gasteiger partial charge in [-0.1, -0.05) is 20.8 Å². The monoisotopic (exact) mass is 222 g/mol. The van der Waals surface area contributed by atoms with Gasteiger partial charge in [-0.25, -0.2) is 0 Å². The van der Waals surface area contributed by atoms with E-state index in [-0.39, 0.29) is 5.57 Å². The summed E-state index contributed by atoms with van der Waals surface area (Å²) in [6.07, 6.45) is 1.79. The molecule has 0 atom stereocenters. The molecule has 0 N–H and O–H groups in total. The largest absolute Gasteiger partial charge is 0.276 e. The van der Waals surface area contributed by atoms with Crippen LogP contribution in [0.4, 0.5) is 0 Å². The Morgan fingerprint density at radius 3 is 2.00 bits per heavy atom. The Bertz CT molecular complexity index is 254. The highest BCUT2D eigenvalue weighted by molar-refractivity contribution is 6.70. The fraction of sp³-hybridized carbons (Fsp3) is 0.556. The molecule has 0 rings (SSSR count). The van der Waals surface area contributed by atoms with Gasteiger partial charge in [0.15, 0.2) is 0 Å². The Hall–Kier alpha value is -0.340. The minimum absolute atomic E-state index is 0.261. The van der Waals surface area contributed by atoms with Crippen molar-refractivity contribution >= 4 is 33.7 Å². The van der Waals surface area contributed by atoms with Gasteiger partial charge in [0, 0.05) is 11.6 Å². The van der Waals surface area contributed by atoms with Crippen molar-refractivity contribution in [2.75, 3.05) is 0 Å². The van der Waals surface area contributed by atoms with Gasteiger partial charge in [-0.05, 0) is 35.0 Å². The Morgan fingerprint density at radius 1 is 1.31 bits per heavy atom. The van der Waals surface area contributed by atoms with E-state index in [1.54, 1.807) is 0 Å². The highest BCUT2D eigenvalue weighted by atomic mass is 35.5. The minimum atomic E-state index is -0.675. The van der Waals surface area contributed by atoms with Crippen LogP contribution in [0.1, 0.15) is 27.2 Å². The van der Waals surface area contributed by atoms with Gasteiger partial charge in [-0.2, -0.15) is 0 Å². The smallest absolute Gasteiger partial charge is 0.249 e. The van der Waals surface area contributed by atoms with E-state index in [1.165, 1.54) is 0 Å². The van der Waals surface area contributed by atoms with Crippen molar-refractivity contribution in [1.29, 1.82) is 0 Å². The van der Waals surface area contributed by atoms with Crippen LogP contribution in [-0.4, -0.2) is 10.5 Å². The Labute approximate surface area is 87.9 Å². The summed E-state index contributed by atoms with van der Waals surface area (Å²) >= 11 is 10.5. The minimum Gasteiger partial charge on any atom is -0.276 e. The first kappa shape index (κ1) is 12.7. The fourth-order valence-corrected chi connectivity index (χ4v) is 1.24. The van der Waals surface area contributed by atoms with E-state index < -0.39 is 15.9 Å². The zero-order valence-electron chi connectivity index (χ0n) is 7.86. The lowest BCUT2D eigenvalue weighted by molar-refractivity contribution is -0.111. The van der Waals surface area contributed by atoms with Crippen LogP contribution in [0.3, 0.4) is 0 Å². The second-order valence-electron chi connectivity index (χ2n) is 3.37. The van der Waals surface area contributed by atoms with E-state index in [9.17, 15) is 9.59 Å². The molecular weight excluding hydrogens is 211 g/mol. The summed E-state index contributed by atoms with van der Waals surface area (Å²) in [6, 6.07) is 0. The zero-order valence-corrected chi connectivity index (χ0v) is 9.37. The molecule has 0 aliphatic carbocycles.